The Balaban J connectivity index is 1.49. The van der Waals surface area contributed by atoms with E-state index in [1.165, 1.54) is 0 Å². The standard InChI is InChI=1S/C28H26N2O2/c1-28(2)17-24-26(25(31)18-28)23(27(30-24)20-12-14-29-15-13-20)16-19-8-10-22(11-9-19)32-21-6-4-3-5-7-21/h3-15,30H,16-18H2,1-2H3. The van der Waals surface area contributed by atoms with Crippen LogP contribution in [-0.2, 0) is 12.8 Å². The Bertz CT molecular complexity index is 1240. The number of nitrogens with zero attached hydrogens (tertiary/aromatic N) is 1. The van der Waals surface area contributed by atoms with Crippen LogP contribution >= 0.6 is 0 Å². The Kier molecular flexibility index (Phi) is 5.14. The first kappa shape index (κ1) is 20.3. The SMILES string of the molecule is CC1(C)CC(=O)c2c([nH]c(-c3ccncc3)c2Cc2ccc(Oc3ccccc3)cc2)C1. The van der Waals surface area contributed by atoms with Gasteiger partial charge in [0.25, 0.3) is 0 Å². The number of ether oxygens (including phenoxy) is 1. The van der Waals surface area contributed by atoms with Crippen molar-refractivity contribution in [3.05, 3.63) is 102 Å². The number of aromatic nitrogens is 2. The number of rotatable bonds is 5. The molecule has 0 bridgehead atoms. The van der Waals surface area contributed by atoms with Gasteiger partial charge in [0.15, 0.2) is 5.78 Å². The third kappa shape index (κ3) is 4.09. The second-order valence-corrected chi connectivity index (χ2v) is 9.24. The Morgan fingerprint density at radius 1 is 0.906 bits per heavy atom. The highest BCUT2D eigenvalue weighted by molar-refractivity contribution is 6.02. The van der Waals surface area contributed by atoms with E-state index in [9.17, 15) is 4.79 Å². The quantitative estimate of drug-likeness (QED) is 0.393. The van der Waals surface area contributed by atoms with Crippen molar-refractivity contribution >= 4 is 5.78 Å². The van der Waals surface area contributed by atoms with Gasteiger partial charge in [-0.1, -0.05) is 44.2 Å². The van der Waals surface area contributed by atoms with Crippen LogP contribution in [0, 0.1) is 5.41 Å². The summed E-state index contributed by atoms with van der Waals surface area (Å²) in [6.45, 7) is 4.32. The molecule has 0 fully saturated rings. The number of aromatic amines is 1. The van der Waals surface area contributed by atoms with E-state index in [2.05, 4.69) is 35.9 Å². The highest BCUT2D eigenvalue weighted by Crippen LogP contribution is 2.40. The molecule has 0 aliphatic heterocycles. The molecule has 32 heavy (non-hydrogen) atoms. The van der Waals surface area contributed by atoms with Crippen molar-refractivity contribution in [1.82, 2.24) is 9.97 Å². The summed E-state index contributed by atoms with van der Waals surface area (Å²) in [5.74, 6) is 1.84. The van der Waals surface area contributed by atoms with Crippen LogP contribution in [0.15, 0.2) is 79.1 Å². The third-order valence-corrected chi connectivity index (χ3v) is 6.01. The van der Waals surface area contributed by atoms with Crippen LogP contribution in [0.5, 0.6) is 11.5 Å². The van der Waals surface area contributed by atoms with E-state index >= 15 is 0 Å². The van der Waals surface area contributed by atoms with Crippen molar-refractivity contribution in [3.63, 3.8) is 0 Å². The van der Waals surface area contributed by atoms with Crippen LogP contribution in [0.4, 0.5) is 0 Å². The van der Waals surface area contributed by atoms with Gasteiger partial charge in [-0.2, -0.15) is 0 Å². The molecule has 4 nitrogen and oxygen atoms in total. The molecular weight excluding hydrogens is 396 g/mol. The molecule has 5 rings (SSSR count). The minimum Gasteiger partial charge on any atom is -0.457 e. The van der Waals surface area contributed by atoms with Crippen LogP contribution in [0.3, 0.4) is 0 Å². The maximum atomic E-state index is 13.2. The fraction of sp³-hybridized carbons (Fsp3) is 0.214. The highest BCUT2D eigenvalue weighted by atomic mass is 16.5. The van der Waals surface area contributed by atoms with Crippen LogP contribution in [0.25, 0.3) is 11.3 Å². The van der Waals surface area contributed by atoms with Gasteiger partial charge in [-0.05, 0) is 59.4 Å². The number of nitrogens with one attached hydrogen (secondary N) is 1. The van der Waals surface area contributed by atoms with Crippen molar-refractivity contribution in [2.24, 2.45) is 5.41 Å². The van der Waals surface area contributed by atoms with Crippen molar-refractivity contribution in [3.8, 4) is 22.8 Å². The molecule has 1 N–H and O–H groups in total. The first-order valence-corrected chi connectivity index (χ1v) is 11.0. The smallest absolute Gasteiger partial charge is 0.165 e. The molecule has 0 atom stereocenters. The van der Waals surface area contributed by atoms with Gasteiger partial charge >= 0.3 is 0 Å². The maximum Gasteiger partial charge on any atom is 0.165 e. The van der Waals surface area contributed by atoms with E-state index in [1.807, 2.05) is 54.6 Å². The van der Waals surface area contributed by atoms with E-state index in [0.29, 0.717) is 12.8 Å². The number of ketones is 1. The average molecular weight is 423 g/mol. The van der Waals surface area contributed by atoms with E-state index in [1.54, 1.807) is 12.4 Å². The van der Waals surface area contributed by atoms with Gasteiger partial charge in [0.2, 0.25) is 0 Å². The van der Waals surface area contributed by atoms with Crippen LogP contribution in [0.2, 0.25) is 0 Å². The first-order valence-electron chi connectivity index (χ1n) is 11.0. The van der Waals surface area contributed by atoms with Crippen molar-refractivity contribution in [2.45, 2.75) is 33.1 Å². The normalized spacial score (nSPS) is 14.8. The Hall–Kier alpha value is -3.66. The topological polar surface area (TPSA) is 55.0 Å². The number of carbonyl (C=O) groups is 1. The molecule has 2 aromatic carbocycles. The number of hydrogen-bond acceptors (Lipinski definition) is 3. The van der Waals surface area contributed by atoms with Crippen molar-refractivity contribution in [2.75, 3.05) is 0 Å². The summed E-state index contributed by atoms with van der Waals surface area (Å²) < 4.78 is 5.92. The van der Waals surface area contributed by atoms with Gasteiger partial charge in [-0.25, -0.2) is 0 Å². The number of Topliss-reactive ketones (excluding diaryl/α,β-unsaturated/α-hetero) is 1. The second-order valence-electron chi connectivity index (χ2n) is 9.24. The Morgan fingerprint density at radius 2 is 1.59 bits per heavy atom. The molecule has 0 saturated carbocycles. The fourth-order valence-corrected chi connectivity index (χ4v) is 4.58. The predicted molar refractivity (Wildman–Crippen MR) is 126 cm³/mol. The lowest BCUT2D eigenvalue weighted by Crippen LogP contribution is -2.27. The summed E-state index contributed by atoms with van der Waals surface area (Å²) in [6, 6.07) is 21.9. The molecule has 2 aromatic heterocycles. The summed E-state index contributed by atoms with van der Waals surface area (Å²) in [4.78, 5) is 20.9. The Labute approximate surface area is 188 Å². The number of pyridine rings is 1. The third-order valence-electron chi connectivity index (χ3n) is 6.01. The lowest BCUT2D eigenvalue weighted by Gasteiger charge is -2.28. The molecular formula is C28H26N2O2. The van der Waals surface area contributed by atoms with Gasteiger partial charge in [0.1, 0.15) is 11.5 Å². The first-order chi connectivity index (χ1) is 15.5. The Morgan fingerprint density at radius 3 is 2.31 bits per heavy atom. The van der Waals surface area contributed by atoms with Gasteiger partial charge in [-0.3, -0.25) is 9.78 Å². The number of fused-ring (bicyclic) bond motifs is 1. The van der Waals surface area contributed by atoms with E-state index < -0.39 is 0 Å². The molecule has 4 heteroatoms. The number of para-hydroxylation sites is 1. The lowest BCUT2D eigenvalue weighted by atomic mass is 9.75. The summed E-state index contributed by atoms with van der Waals surface area (Å²) in [5, 5.41) is 0. The molecule has 0 radical (unpaired) electrons. The highest BCUT2D eigenvalue weighted by Gasteiger charge is 2.35. The molecule has 2 heterocycles. The summed E-state index contributed by atoms with van der Waals surface area (Å²) in [6.07, 6.45) is 5.71. The monoisotopic (exact) mass is 422 g/mol. The van der Waals surface area contributed by atoms with Gasteiger partial charge in [0, 0.05) is 42.1 Å². The molecule has 1 aliphatic carbocycles. The molecule has 0 unspecified atom stereocenters. The minimum absolute atomic E-state index is 0.0296. The summed E-state index contributed by atoms with van der Waals surface area (Å²) >= 11 is 0. The lowest BCUT2D eigenvalue weighted by molar-refractivity contribution is 0.0911. The minimum atomic E-state index is -0.0296. The number of benzene rings is 2. The van der Waals surface area contributed by atoms with Crippen LogP contribution in [-0.4, -0.2) is 15.8 Å². The largest absolute Gasteiger partial charge is 0.457 e. The second kappa shape index (κ2) is 8.12. The van der Waals surface area contributed by atoms with Crippen molar-refractivity contribution in [1.29, 1.82) is 0 Å². The maximum absolute atomic E-state index is 13.2. The summed E-state index contributed by atoms with van der Waals surface area (Å²) in [7, 11) is 0. The summed E-state index contributed by atoms with van der Waals surface area (Å²) in [5.41, 5.74) is 6.19. The van der Waals surface area contributed by atoms with Crippen LogP contribution < -0.4 is 4.74 Å². The predicted octanol–water partition coefficient (Wildman–Crippen LogP) is 6.61. The van der Waals surface area contributed by atoms with Crippen LogP contribution in [0.1, 0.15) is 47.4 Å². The average Bonchev–Trinajstić information content (AvgIpc) is 3.13. The van der Waals surface area contributed by atoms with E-state index in [4.69, 9.17) is 4.74 Å². The van der Waals surface area contributed by atoms with E-state index in [0.717, 1.165) is 51.6 Å². The molecule has 0 saturated heterocycles. The molecule has 1 aliphatic rings. The van der Waals surface area contributed by atoms with Gasteiger partial charge in [0.05, 0.1) is 5.69 Å². The number of hydrogen-bond donors (Lipinski definition) is 1. The van der Waals surface area contributed by atoms with Gasteiger partial charge in [-0.15, -0.1) is 0 Å². The molecule has 160 valence electrons. The zero-order valence-electron chi connectivity index (χ0n) is 18.4. The fourth-order valence-electron chi connectivity index (χ4n) is 4.58. The molecule has 0 amide bonds. The zero-order chi connectivity index (χ0) is 22.1. The zero-order valence-corrected chi connectivity index (χ0v) is 18.4. The van der Waals surface area contributed by atoms with Crippen molar-refractivity contribution < 1.29 is 9.53 Å². The molecule has 0 spiro atoms. The number of carbonyl (C=O) groups excluding carboxylic acids is 1. The molecule has 4 aromatic rings. The number of H-pyrrole nitrogens is 1. The van der Waals surface area contributed by atoms with Gasteiger partial charge < -0.3 is 9.72 Å². The van der Waals surface area contributed by atoms with E-state index in [-0.39, 0.29) is 11.2 Å².